The van der Waals surface area contributed by atoms with Gasteiger partial charge in [-0.05, 0) is 66.9 Å². The van der Waals surface area contributed by atoms with Gasteiger partial charge in [-0.2, -0.15) is 5.26 Å². The van der Waals surface area contributed by atoms with Gasteiger partial charge in [-0.25, -0.2) is 8.78 Å². The highest BCUT2D eigenvalue weighted by atomic mass is 19.1. The maximum Gasteiger partial charge on any atom is 0.123 e. The summed E-state index contributed by atoms with van der Waals surface area (Å²) in [6.07, 6.45) is 0.753. The first-order chi connectivity index (χ1) is 10.1. The van der Waals surface area contributed by atoms with Crippen molar-refractivity contribution in [2.75, 3.05) is 6.54 Å². The third kappa shape index (κ3) is 4.11. The average molecular weight is 286 g/mol. The summed E-state index contributed by atoms with van der Waals surface area (Å²) in [6.45, 7) is 2.98. The van der Waals surface area contributed by atoms with Gasteiger partial charge in [-0.1, -0.05) is 6.07 Å². The van der Waals surface area contributed by atoms with Crippen LogP contribution in [0.4, 0.5) is 8.78 Å². The summed E-state index contributed by atoms with van der Waals surface area (Å²) in [5.74, 6) is -0.581. The van der Waals surface area contributed by atoms with Crippen LogP contribution in [0.3, 0.4) is 0 Å². The summed E-state index contributed by atoms with van der Waals surface area (Å²) >= 11 is 0. The summed E-state index contributed by atoms with van der Waals surface area (Å²) in [5.41, 5.74) is 3.11. The van der Waals surface area contributed by atoms with E-state index in [-0.39, 0.29) is 11.6 Å². The molecule has 0 unspecified atom stereocenters. The molecular weight excluding hydrogens is 270 g/mol. The Bertz CT molecular complexity index is 675. The fourth-order valence-electron chi connectivity index (χ4n) is 2.20. The fraction of sp³-hybridized carbons (Fsp3) is 0.235. The molecule has 0 bridgehead atoms. The van der Waals surface area contributed by atoms with Crippen molar-refractivity contribution in [3.8, 4) is 6.07 Å². The Hall–Kier alpha value is -2.25. The maximum absolute atomic E-state index is 13.2. The van der Waals surface area contributed by atoms with E-state index >= 15 is 0 Å². The van der Waals surface area contributed by atoms with Gasteiger partial charge in [0, 0.05) is 6.54 Å². The van der Waals surface area contributed by atoms with Crippen LogP contribution in [0.1, 0.15) is 22.3 Å². The van der Waals surface area contributed by atoms with Gasteiger partial charge in [0.25, 0.3) is 0 Å². The van der Waals surface area contributed by atoms with E-state index in [1.165, 1.54) is 30.3 Å². The Morgan fingerprint density at radius 3 is 2.48 bits per heavy atom. The van der Waals surface area contributed by atoms with Crippen LogP contribution in [0.5, 0.6) is 0 Å². The van der Waals surface area contributed by atoms with E-state index in [0.717, 1.165) is 17.5 Å². The lowest BCUT2D eigenvalue weighted by Crippen LogP contribution is -2.18. The number of halogens is 2. The Balaban J connectivity index is 1.90. The van der Waals surface area contributed by atoms with E-state index < -0.39 is 0 Å². The highest BCUT2D eigenvalue weighted by Crippen LogP contribution is 2.12. The molecule has 0 aliphatic rings. The molecule has 2 nitrogen and oxygen atoms in total. The van der Waals surface area contributed by atoms with Crippen LogP contribution in [-0.4, -0.2) is 6.54 Å². The fourth-order valence-corrected chi connectivity index (χ4v) is 2.20. The van der Waals surface area contributed by atoms with Crippen LogP contribution in [0, 0.1) is 29.9 Å². The summed E-state index contributed by atoms with van der Waals surface area (Å²) in [7, 11) is 0. The average Bonchev–Trinajstić information content (AvgIpc) is 2.45. The van der Waals surface area contributed by atoms with Crippen molar-refractivity contribution < 1.29 is 8.78 Å². The predicted molar refractivity (Wildman–Crippen MR) is 77.7 cm³/mol. The number of nitrogens with zero attached hydrogens (tertiary/aromatic N) is 1. The SMILES string of the molecule is Cc1cc(F)ccc1CCNCc1cc(F)ccc1C#N. The molecule has 0 aliphatic carbocycles. The van der Waals surface area contributed by atoms with E-state index in [2.05, 4.69) is 5.32 Å². The molecule has 0 saturated carbocycles. The molecule has 2 aromatic rings. The van der Waals surface area contributed by atoms with Gasteiger partial charge < -0.3 is 5.32 Å². The second kappa shape index (κ2) is 6.96. The number of hydrogen-bond donors (Lipinski definition) is 1. The molecule has 0 fully saturated rings. The molecule has 0 radical (unpaired) electrons. The third-order valence-corrected chi connectivity index (χ3v) is 3.38. The van der Waals surface area contributed by atoms with Crippen molar-refractivity contribution in [1.29, 1.82) is 5.26 Å². The minimum atomic E-state index is -0.347. The first-order valence-corrected chi connectivity index (χ1v) is 6.74. The summed E-state index contributed by atoms with van der Waals surface area (Å²) < 4.78 is 26.2. The van der Waals surface area contributed by atoms with Gasteiger partial charge in [-0.3, -0.25) is 0 Å². The first-order valence-electron chi connectivity index (χ1n) is 6.74. The second-order valence-electron chi connectivity index (χ2n) is 4.91. The van der Waals surface area contributed by atoms with Gasteiger partial charge in [-0.15, -0.1) is 0 Å². The second-order valence-corrected chi connectivity index (χ2v) is 4.91. The number of benzene rings is 2. The zero-order valence-corrected chi connectivity index (χ0v) is 11.8. The lowest BCUT2D eigenvalue weighted by molar-refractivity contribution is 0.618. The molecule has 0 atom stereocenters. The molecule has 21 heavy (non-hydrogen) atoms. The van der Waals surface area contributed by atoms with Crippen LogP contribution in [0.25, 0.3) is 0 Å². The van der Waals surface area contributed by atoms with Crippen LogP contribution in [0.2, 0.25) is 0 Å². The molecule has 2 rings (SSSR count). The standard InChI is InChI=1S/C17H16F2N2/c1-12-8-16(18)4-2-13(12)6-7-21-11-15-9-17(19)5-3-14(15)10-20/h2-5,8-9,21H,6-7,11H2,1H3. The molecule has 0 amide bonds. The Labute approximate surface area is 123 Å². The van der Waals surface area contributed by atoms with Crippen molar-refractivity contribution >= 4 is 0 Å². The molecule has 0 aromatic heterocycles. The third-order valence-electron chi connectivity index (χ3n) is 3.38. The molecular formula is C17H16F2N2. The Morgan fingerprint density at radius 1 is 1.05 bits per heavy atom. The van der Waals surface area contributed by atoms with Crippen LogP contribution < -0.4 is 5.32 Å². The van der Waals surface area contributed by atoms with Crippen molar-refractivity contribution in [2.24, 2.45) is 0 Å². The summed E-state index contributed by atoms with van der Waals surface area (Å²) in [6, 6.07) is 10.9. The number of nitriles is 1. The zero-order chi connectivity index (χ0) is 15.2. The quantitative estimate of drug-likeness (QED) is 0.854. The van der Waals surface area contributed by atoms with Crippen LogP contribution in [0.15, 0.2) is 36.4 Å². The molecule has 0 spiro atoms. The number of rotatable bonds is 5. The largest absolute Gasteiger partial charge is 0.312 e. The predicted octanol–water partition coefficient (Wildman–Crippen LogP) is 3.48. The molecule has 2 aromatic carbocycles. The van der Waals surface area contributed by atoms with E-state index in [4.69, 9.17) is 5.26 Å². The molecule has 1 N–H and O–H groups in total. The van der Waals surface area contributed by atoms with Crippen molar-refractivity contribution in [1.82, 2.24) is 5.32 Å². The minimum Gasteiger partial charge on any atom is -0.312 e. The van der Waals surface area contributed by atoms with Crippen LogP contribution >= 0.6 is 0 Å². The molecule has 0 aliphatic heterocycles. The molecule has 4 heteroatoms. The highest BCUT2D eigenvalue weighted by molar-refractivity contribution is 5.37. The molecule has 0 heterocycles. The van der Waals surface area contributed by atoms with E-state index in [1.54, 1.807) is 6.07 Å². The smallest absolute Gasteiger partial charge is 0.123 e. The number of aryl methyl sites for hydroxylation is 1. The van der Waals surface area contributed by atoms with Crippen molar-refractivity contribution in [3.63, 3.8) is 0 Å². The van der Waals surface area contributed by atoms with Crippen molar-refractivity contribution in [2.45, 2.75) is 19.9 Å². The monoisotopic (exact) mass is 286 g/mol. The van der Waals surface area contributed by atoms with E-state index in [9.17, 15) is 8.78 Å². The Morgan fingerprint density at radius 2 is 1.76 bits per heavy atom. The highest BCUT2D eigenvalue weighted by Gasteiger charge is 2.04. The van der Waals surface area contributed by atoms with Gasteiger partial charge >= 0.3 is 0 Å². The normalized spacial score (nSPS) is 10.4. The minimum absolute atomic E-state index is 0.234. The number of nitrogens with one attached hydrogen (secondary N) is 1. The van der Waals surface area contributed by atoms with Crippen molar-refractivity contribution in [3.05, 3.63) is 70.3 Å². The van der Waals surface area contributed by atoms with E-state index in [0.29, 0.717) is 24.2 Å². The molecule has 0 saturated heterocycles. The Kier molecular flexibility index (Phi) is 5.02. The lowest BCUT2D eigenvalue weighted by Gasteiger charge is -2.09. The van der Waals surface area contributed by atoms with Gasteiger partial charge in [0.05, 0.1) is 11.6 Å². The van der Waals surface area contributed by atoms with Gasteiger partial charge in [0.15, 0.2) is 0 Å². The zero-order valence-electron chi connectivity index (χ0n) is 11.8. The number of hydrogen-bond acceptors (Lipinski definition) is 2. The van der Waals surface area contributed by atoms with Crippen LogP contribution in [-0.2, 0) is 13.0 Å². The maximum atomic E-state index is 13.2. The van der Waals surface area contributed by atoms with Gasteiger partial charge in [0.2, 0.25) is 0 Å². The summed E-state index contributed by atoms with van der Waals surface area (Å²) in [5, 5.41) is 12.2. The topological polar surface area (TPSA) is 35.8 Å². The van der Waals surface area contributed by atoms with E-state index in [1.807, 2.05) is 13.0 Å². The summed E-state index contributed by atoms with van der Waals surface area (Å²) in [4.78, 5) is 0. The lowest BCUT2D eigenvalue weighted by atomic mass is 10.1. The first kappa shape index (κ1) is 15.1. The molecule has 108 valence electrons. The van der Waals surface area contributed by atoms with Gasteiger partial charge in [0.1, 0.15) is 11.6 Å².